The number of aromatic nitrogens is 2. The third-order valence-corrected chi connectivity index (χ3v) is 4.13. The summed E-state index contributed by atoms with van der Waals surface area (Å²) in [7, 11) is 4.20. The van der Waals surface area contributed by atoms with Crippen molar-refractivity contribution in [2.75, 3.05) is 33.7 Å². The lowest BCUT2D eigenvalue weighted by atomic mass is 10.1. The number of nitrogens with one attached hydrogen (secondary N) is 2. The highest BCUT2D eigenvalue weighted by Gasteiger charge is 2.26. The van der Waals surface area contributed by atoms with Crippen LogP contribution in [0.4, 0.5) is 0 Å². The van der Waals surface area contributed by atoms with Crippen LogP contribution in [0.2, 0.25) is 0 Å². The Morgan fingerprint density at radius 2 is 2.20 bits per heavy atom. The van der Waals surface area contributed by atoms with Gasteiger partial charge >= 0.3 is 0 Å². The molecule has 6 heteroatoms. The fourth-order valence-electron chi connectivity index (χ4n) is 2.62. The highest BCUT2D eigenvalue weighted by atomic mass is 16.1. The summed E-state index contributed by atoms with van der Waals surface area (Å²) in [6, 6.07) is 2.40. The molecule has 2 fully saturated rings. The number of hydrogen-bond acceptors (Lipinski definition) is 5. The molecule has 1 unspecified atom stereocenters. The third-order valence-electron chi connectivity index (χ3n) is 4.13. The van der Waals surface area contributed by atoms with E-state index in [9.17, 15) is 4.79 Å². The molecule has 0 radical (unpaired) electrons. The molecule has 0 aromatic carbocycles. The standard InChI is InChI=1S/C14H23N5O/c1-18-5-6-19(2)12(9-18)14-16-11(7-13(20)17-14)8-15-10-3-4-10/h7,10,12,15H,3-6,8-9H2,1-2H3,(H,16,17,20). The zero-order chi connectivity index (χ0) is 14.1. The molecule has 1 aliphatic heterocycles. The summed E-state index contributed by atoms with van der Waals surface area (Å²) in [5.74, 6) is 0.791. The minimum Gasteiger partial charge on any atom is -0.309 e. The zero-order valence-corrected chi connectivity index (χ0v) is 12.2. The van der Waals surface area contributed by atoms with E-state index < -0.39 is 0 Å². The molecule has 0 amide bonds. The third kappa shape index (κ3) is 3.26. The Morgan fingerprint density at radius 1 is 1.40 bits per heavy atom. The van der Waals surface area contributed by atoms with Crippen molar-refractivity contribution >= 4 is 0 Å². The number of hydrogen-bond donors (Lipinski definition) is 2. The van der Waals surface area contributed by atoms with Gasteiger partial charge in [-0.15, -0.1) is 0 Å². The molecule has 20 heavy (non-hydrogen) atoms. The smallest absolute Gasteiger partial charge is 0.251 e. The Bertz CT molecular complexity index is 525. The van der Waals surface area contributed by atoms with Gasteiger partial charge in [-0.3, -0.25) is 9.69 Å². The lowest BCUT2D eigenvalue weighted by Crippen LogP contribution is -2.45. The molecule has 2 heterocycles. The van der Waals surface area contributed by atoms with Gasteiger partial charge in [0, 0.05) is 38.3 Å². The average molecular weight is 277 g/mol. The Morgan fingerprint density at radius 3 is 2.95 bits per heavy atom. The lowest BCUT2D eigenvalue weighted by Gasteiger charge is -2.36. The minimum atomic E-state index is -0.0516. The van der Waals surface area contributed by atoms with E-state index in [-0.39, 0.29) is 11.6 Å². The van der Waals surface area contributed by atoms with E-state index >= 15 is 0 Å². The minimum absolute atomic E-state index is 0.0516. The number of likely N-dealkylation sites (N-methyl/N-ethyl adjacent to an activating group) is 2. The number of piperazine rings is 1. The van der Waals surface area contributed by atoms with Crippen molar-refractivity contribution in [2.45, 2.75) is 31.5 Å². The molecule has 110 valence electrons. The molecule has 0 bridgehead atoms. The highest BCUT2D eigenvalue weighted by molar-refractivity contribution is 5.07. The molecule has 1 aromatic rings. The monoisotopic (exact) mass is 277 g/mol. The van der Waals surface area contributed by atoms with Crippen molar-refractivity contribution in [2.24, 2.45) is 0 Å². The zero-order valence-electron chi connectivity index (χ0n) is 12.2. The first-order chi connectivity index (χ1) is 9.61. The van der Waals surface area contributed by atoms with Crippen molar-refractivity contribution in [3.05, 3.63) is 27.9 Å². The maximum atomic E-state index is 11.8. The van der Waals surface area contributed by atoms with Crippen LogP contribution in [-0.4, -0.2) is 59.5 Å². The molecule has 1 saturated heterocycles. The van der Waals surface area contributed by atoms with Gasteiger partial charge in [-0.1, -0.05) is 0 Å². The topological polar surface area (TPSA) is 64.3 Å². The maximum Gasteiger partial charge on any atom is 0.251 e. The van der Waals surface area contributed by atoms with Gasteiger partial charge < -0.3 is 15.2 Å². The number of nitrogens with zero attached hydrogens (tertiary/aromatic N) is 3. The van der Waals surface area contributed by atoms with E-state index in [1.54, 1.807) is 6.07 Å². The Labute approximate surface area is 119 Å². The first-order valence-corrected chi connectivity index (χ1v) is 7.34. The molecule has 3 rings (SSSR count). The quantitative estimate of drug-likeness (QED) is 0.807. The summed E-state index contributed by atoms with van der Waals surface area (Å²) in [5.41, 5.74) is 0.793. The van der Waals surface area contributed by atoms with Crippen molar-refractivity contribution in [1.82, 2.24) is 25.1 Å². The fourth-order valence-corrected chi connectivity index (χ4v) is 2.62. The van der Waals surface area contributed by atoms with Crippen LogP contribution in [0.25, 0.3) is 0 Å². The van der Waals surface area contributed by atoms with Crippen LogP contribution in [0.5, 0.6) is 0 Å². The first-order valence-electron chi connectivity index (χ1n) is 7.34. The SMILES string of the molecule is CN1CCN(C)C(c2nc(CNC3CC3)cc(=O)[nH]2)C1. The van der Waals surface area contributed by atoms with Crippen LogP contribution >= 0.6 is 0 Å². The van der Waals surface area contributed by atoms with E-state index in [0.29, 0.717) is 12.6 Å². The molecule has 1 atom stereocenters. The Hall–Kier alpha value is -1.24. The van der Waals surface area contributed by atoms with Gasteiger partial charge in [-0.2, -0.15) is 0 Å². The summed E-state index contributed by atoms with van der Waals surface area (Å²) in [6.45, 7) is 3.64. The second-order valence-electron chi connectivity index (χ2n) is 6.04. The molecule has 2 aliphatic rings. The van der Waals surface area contributed by atoms with Crippen molar-refractivity contribution < 1.29 is 0 Å². The second kappa shape index (κ2) is 5.63. The average Bonchev–Trinajstić information content (AvgIpc) is 3.23. The predicted molar refractivity (Wildman–Crippen MR) is 77.6 cm³/mol. The largest absolute Gasteiger partial charge is 0.309 e. The summed E-state index contributed by atoms with van der Waals surface area (Å²) in [6.07, 6.45) is 2.48. The molecule has 6 nitrogen and oxygen atoms in total. The molecule has 1 saturated carbocycles. The maximum absolute atomic E-state index is 11.8. The van der Waals surface area contributed by atoms with Crippen molar-refractivity contribution in [3.8, 4) is 0 Å². The van der Waals surface area contributed by atoms with Crippen LogP contribution in [0, 0.1) is 0 Å². The van der Waals surface area contributed by atoms with Crippen LogP contribution < -0.4 is 10.9 Å². The molecule has 1 aliphatic carbocycles. The van der Waals surface area contributed by atoms with Crippen LogP contribution in [0.15, 0.2) is 10.9 Å². The molecular weight excluding hydrogens is 254 g/mol. The molecular formula is C14H23N5O. The van der Waals surface area contributed by atoms with E-state index in [4.69, 9.17) is 0 Å². The van der Waals surface area contributed by atoms with Gasteiger partial charge in [0.15, 0.2) is 0 Å². The number of H-pyrrole nitrogens is 1. The van der Waals surface area contributed by atoms with Crippen LogP contribution in [0.3, 0.4) is 0 Å². The van der Waals surface area contributed by atoms with Gasteiger partial charge in [-0.05, 0) is 26.9 Å². The number of rotatable bonds is 4. The summed E-state index contributed by atoms with van der Waals surface area (Å²) in [5, 5.41) is 3.41. The van der Waals surface area contributed by atoms with Crippen molar-refractivity contribution in [3.63, 3.8) is 0 Å². The van der Waals surface area contributed by atoms with Gasteiger partial charge in [0.2, 0.25) is 0 Å². The molecule has 0 spiro atoms. The normalized spacial score (nSPS) is 25.0. The second-order valence-corrected chi connectivity index (χ2v) is 6.04. The van der Waals surface area contributed by atoms with E-state index in [2.05, 4.69) is 39.2 Å². The summed E-state index contributed by atoms with van der Waals surface area (Å²) >= 11 is 0. The predicted octanol–water partition coefficient (Wildman–Crippen LogP) is -0.0598. The van der Waals surface area contributed by atoms with E-state index in [1.165, 1.54) is 12.8 Å². The molecule has 2 N–H and O–H groups in total. The first kappa shape index (κ1) is 13.7. The Balaban J connectivity index is 1.78. The van der Waals surface area contributed by atoms with E-state index in [0.717, 1.165) is 31.2 Å². The van der Waals surface area contributed by atoms with Crippen LogP contribution in [0.1, 0.15) is 30.4 Å². The van der Waals surface area contributed by atoms with Gasteiger partial charge in [0.1, 0.15) is 5.82 Å². The van der Waals surface area contributed by atoms with Gasteiger partial charge in [0.25, 0.3) is 5.56 Å². The van der Waals surface area contributed by atoms with Gasteiger partial charge in [0.05, 0.1) is 11.7 Å². The van der Waals surface area contributed by atoms with E-state index in [1.807, 2.05) is 0 Å². The molecule has 1 aromatic heterocycles. The Kier molecular flexibility index (Phi) is 3.87. The van der Waals surface area contributed by atoms with Gasteiger partial charge in [-0.25, -0.2) is 4.98 Å². The van der Waals surface area contributed by atoms with Crippen molar-refractivity contribution in [1.29, 1.82) is 0 Å². The summed E-state index contributed by atoms with van der Waals surface area (Å²) < 4.78 is 0. The van der Waals surface area contributed by atoms with Crippen LogP contribution in [-0.2, 0) is 6.54 Å². The highest BCUT2D eigenvalue weighted by Crippen LogP contribution is 2.21. The number of aromatic amines is 1. The lowest BCUT2D eigenvalue weighted by molar-refractivity contribution is 0.109. The fraction of sp³-hybridized carbons (Fsp3) is 0.714. The summed E-state index contributed by atoms with van der Waals surface area (Å²) in [4.78, 5) is 23.9.